The lowest BCUT2D eigenvalue weighted by atomic mass is 9.83. The number of nitriles is 1. The number of amides is 1. The maximum atomic E-state index is 12.2. The van der Waals surface area contributed by atoms with E-state index in [2.05, 4.69) is 11.4 Å². The van der Waals surface area contributed by atoms with E-state index < -0.39 is 11.1 Å². The minimum absolute atomic E-state index is 0.0915. The molecule has 0 aromatic carbocycles. The Labute approximate surface area is 120 Å². The summed E-state index contributed by atoms with van der Waals surface area (Å²) in [4.78, 5) is 14.1. The van der Waals surface area contributed by atoms with E-state index in [1.54, 1.807) is 0 Å². The number of β-amino-alcohol motifs (C(OH)–C–C–N with tert-alkyl or cyclic N) is 1. The molecule has 20 heavy (non-hydrogen) atoms. The summed E-state index contributed by atoms with van der Waals surface area (Å²) in [5.41, 5.74) is -1.36. The maximum absolute atomic E-state index is 12.2. The van der Waals surface area contributed by atoms with Crippen LogP contribution in [0.15, 0.2) is 0 Å². The Balaban J connectivity index is 1.87. The number of piperidine rings is 1. The number of carbonyl (C=O) groups excluding carboxylic acids is 1. The summed E-state index contributed by atoms with van der Waals surface area (Å²) >= 11 is 0. The first-order valence-corrected chi connectivity index (χ1v) is 7.62. The molecule has 1 atom stereocenters. The van der Waals surface area contributed by atoms with Gasteiger partial charge in [-0.15, -0.1) is 0 Å². The first-order chi connectivity index (χ1) is 9.45. The Morgan fingerprint density at radius 3 is 2.60 bits per heavy atom. The second-order valence-electron chi connectivity index (χ2n) is 6.61. The smallest absolute Gasteiger partial charge is 0.235 e. The standard InChI is InChI=1S/C15H25N3O2/c1-14(20)6-5-9-18(12-14)10-13(19)17-15(11-16)7-3-2-4-8-15/h20H,2-10,12H2,1H3,(H,17,19). The molecule has 1 unspecified atom stereocenters. The molecule has 2 aliphatic rings. The summed E-state index contributed by atoms with van der Waals surface area (Å²) < 4.78 is 0. The highest BCUT2D eigenvalue weighted by molar-refractivity contribution is 5.79. The molecule has 5 heteroatoms. The van der Waals surface area contributed by atoms with Gasteiger partial charge in [-0.05, 0) is 39.2 Å². The SMILES string of the molecule is CC1(O)CCCN(CC(=O)NC2(C#N)CCCCC2)C1. The van der Waals surface area contributed by atoms with E-state index in [1.807, 2.05) is 11.8 Å². The molecule has 0 radical (unpaired) electrons. The Morgan fingerprint density at radius 2 is 2.00 bits per heavy atom. The molecular formula is C15H25N3O2. The van der Waals surface area contributed by atoms with Gasteiger partial charge >= 0.3 is 0 Å². The van der Waals surface area contributed by atoms with Crippen molar-refractivity contribution in [2.24, 2.45) is 0 Å². The fourth-order valence-electron chi connectivity index (χ4n) is 3.39. The van der Waals surface area contributed by atoms with Gasteiger partial charge in [-0.3, -0.25) is 9.69 Å². The molecule has 2 rings (SSSR count). The van der Waals surface area contributed by atoms with E-state index in [9.17, 15) is 15.2 Å². The van der Waals surface area contributed by atoms with Gasteiger partial charge in [0.1, 0.15) is 5.54 Å². The number of carbonyl (C=O) groups is 1. The summed E-state index contributed by atoms with van der Waals surface area (Å²) in [7, 11) is 0. The van der Waals surface area contributed by atoms with Crippen molar-refractivity contribution in [2.45, 2.75) is 63.0 Å². The van der Waals surface area contributed by atoms with E-state index in [0.717, 1.165) is 51.5 Å². The summed E-state index contributed by atoms with van der Waals surface area (Å²) in [5, 5.41) is 22.3. The molecule has 112 valence electrons. The van der Waals surface area contributed by atoms with Crippen molar-refractivity contribution in [1.29, 1.82) is 5.26 Å². The minimum Gasteiger partial charge on any atom is -0.389 e. The van der Waals surface area contributed by atoms with Crippen molar-refractivity contribution >= 4 is 5.91 Å². The van der Waals surface area contributed by atoms with Crippen molar-refractivity contribution in [1.82, 2.24) is 10.2 Å². The van der Waals surface area contributed by atoms with Crippen LogP contribution in [0.5, 0.6) is 0 Å². The molecule has 1 heterocycles. The lowest BCUT2D eigenvalue weighted by molar-refractivity contribution is -0.125. The molecule has 0 aromatic heterocycles. The average molecular weight is 279 g/mol. The van der Waals surface area contributed by atoms with Gasteiger partial charge in [0.2, 0.25) is 5.91 Å². The number of nitrogens with zero attached hydrogens (tertiary/aromatic N) is 2. The Kier molecular flexibility index (Phi) is 4.66. The van der Waals surface area contributed by atoms with Crippen molar-refractivity contribution in [3.63, 3.8) is 0 Å². The second kappa shape index (κ2) is 6.11. The van der Waals surface area contributed by atoms with Crippen LogP contribution in [0.2, 0.25) is 0 Å². The fraction of sp³-hybridized carbons (Fsp3) is 0.867. The normalized spacial score (nSPS) is 30.4. The number of hydrogen-bond acceptors (Lipinski definition) is 4. The zero-order valence-corrected chi connectivity index (χ0v) is 12.3. The highest BCUT2D eigenvalue weighted by Gasteiger charge is 2.35. The van der Waals surface area contributed by atoms with Gasteiger partial charge in [-0.2, -0.15) is 5.26 Å². The van der Waals surface area contributed by atoms with Crippen molar-refractivity contribution < 1.29 is 9.90 Å². The molecular weight excluding hydrogens is 254 g/mol. The van der Waals surface area contributed by atoms with Crippen LogP contribution in [0.4, 0.5) is 0 Å². The highest BCUT2D eigenvalue weighted by Crippen LogP contribution is 2.27. The van der Waals surface area contributed by atoms with E-state index in [1.165, 1.54) is 0 Å². The Morgan fingerprint density at radius 1 is 1.30 bits per heavy atom. The fourth-order valence-corrected chi connectivity index (χ4v) is 3.39. The van der Waals surface area contributed by atoms with Crippen LogP contribution in [-0.4, -0.2) is 46.7 Å². The van der Waals surface area contributed by atoms with E-state index in [4.69, 9.17) is 0 Å². The van der Waals surface area contributed by atoms with Gasteiger partial charge in [0.05, 0.1) is 18.2 Å². The monoisotopic (exact) mass is 279 g/mol. The lowest BCUT2D eigenvalue weighted by Crippen LogP contribution is -2.54. The number of rotatable bonds is 3. The molecule has 1 aliphatic heterocycles. The zero-order chi connectivity index (χ0) is 14.6. The third kappa shape index (κ3) is 3.94. The van der Waals surface area contributed by atoms with Gasteiger partial charge in [-0.1, -0.05) is 19.3 Å². The quantitative estimate of drug-likeness (QED) is 0.813. The van der Waals surface area contributed by atoms with Crippen LogP contribution in [0, 0.1) is 11.3 Å². The molecule has 0 aromatic rings. The summed E-state index contributed by atoms with van der Waals surface area (Å²) in [6.45, 7) is 3.46. The molecule has 1 saturated carbocycles. The van der Waals surface area contributed by atoms with Gasteiger partial charge < -0.3 is 10.4 Å². The van der Waals surface area contributed by atoms with Crippen LogP contribution < -0.4 is 5.32 Å². The van der Waals surface area contributed by atoms with Gasteiger partial charge in [0, 0.05) is 6.54 Å². The van der Waals surface area contributed by atoms with Gasteiger partial charge in [0.15, 0.2) is 0 Å². The lowest BCUT2D eigenvalue weighted by Gasteiger charge is -2.37. The summed E-state index contributed by atoms with van der Waals surface area (Å²) in [5.74, 6) is -0.0915. The van der Waals surface area contributed by atoms with Crippen molar-refractivity contribution in [3.05, 3.63) is 0 Å². The minimum atomic E-state index is -0.698. The number of nitrogens with one attached hydrogen (secondary N) is 1. The zero-order valence-electron chi connectivity index (χ0n) is 12.3. The third-order valence-corrected chi connectivity index (χ3v) is 4.42. The summed E-state index contributed by atoms with van der Waals surface area (Å²) in [6, 6.07) is 2.30. The molecule has 1 amide bonds. The van der Waals surface area contributed by atoms with Crippen LogP contribution in [-0.2, 0) is 4.79 Å². The number of hydrogen-bond donors (Lipinski definition) is 2. The first-order valence-electron chi connectivity index (χ1n) is 7.62. The average Bonchev–Trinajstić information content (AvgIpc) is 2.38. The molecule has 0 spiro atoms. The van der Waals surface area contributed by atoms with Gasteiger partial charge in [0.25, 0.3) is 0 Å². The van der Waals surface area contributed by atoms with Crippen molar-refractivity contribution in [3.8, 4) is 6.07 Å². The molecule has 1 aliphatic carbocycles. The topological polar surface area (TPSA) is 76.4 Å². The van der Waals surface area contributed by atoms with E-state index in [0.29, 0.717) is 6.54 Å². The number of likely N-dealkylation sites (tertiary alicyclic amines) is 1. The van der Waals surface area contributed by atoms with Crippen LogP contribution in [0.25, 0.3) is 0 Å². The molecule has 2 fully saturated rings. The highest BCUT2D eigenvalue weighted by atomic mass is 16.3. The largest absolute Gasteiger partial charge is 0.389 e. The van der Waals surface area contributed by atoms with Crippen LogP contribution in [0.1, 0.15) is 51.9 Å². The van der Waals surface area contributed by atoms with E-state index in [-0.39, 0.29) is 12.5 Å². The predicted octanol–water partition coefficient (Wildman–Crippen LogP) is 1.18. The molecule has 5 nitrogen and oxygen atoms in total. The third-order valence-electron chi connectivity index (χ3n) is 4.42. The summed E-state index contributed by atoms with van der Waals surface area (Å²) in [6.07, 6.45) is 6.36. The van der Waals surface area contributed by atoms with Crippen LogP contribution in [0.3, 0.4) is 0 Å². The Bertz CT molecular complexity index is 394. The van der Waals surface area contributed by atoms with Crippen molar-refractivity contribution in [2.75, 3.05) is 19.6 Å². The first kappa shape index (κ1) is 15.3. The molecule has 2 N–H and O–H groups in total. The van der Waals surface area contributed by atoms with Crippen LogP contribution >= 0.6 is 0 Å². The Hall–Kier alpha value is -1.12. The maximum Gasteiger partial charge on any atom is 0.235 e. The van der Waals surface area contributed by atoms with E-state index >= 15 is 0 Å². The van der Waals surface area contributed by atoms with Gasteiger partial charge in [-0.25, -0.2) is 0 Å². The second-order valence-corrected chi connectivity index (χ2v) is 6.61. The predicted molar refractivity (Wildman–Crippen MR) is 75.9 cm³/mol. The molecule has 1 saturated heterocycles. The number of aliphatic hydroxyl groups is 1. The molecule has 0 bridgehead atoms.